The van der Waals surface area contributed by atoms with Crippen LogP contribution < -0.4 is 11.1 Å². The highest BCUT2D eigenvalue weighted by Gasteiger charge is 2.13. The van der Waals surface area contributed by atoms with E-state index in [1.165, 1.54) is 0 Å². The fourth-order valence-electron chi connectivity index (χ4n) is 1.75. The standard InChI is InChI=1S/C12H18N6O/c1-2-18-8-9(13)11(17-18)12(19)16-5-3-4-10-14-6-7-15-10/h6-8H,2-5,13H2,1H3,(H,14,15)(H,16,19). The Bertz CT molecular complexity index is 530. The van der Waals surface area contributed by atoms with Crippen molar-refractivity contribution in [3.63, 3.8) is 0 Å². The van der Waals surface area contributed by atoms with Gasteiger partial charge in [-0.2, -0.15) is 5.10 Å². The van der Waals surface area contributed by atoms with Crippen molar-refractivity contribution in [3.05, 3.63) is 30.1 Å². The van der Waals surface area contributed by atoms with Crippen LogP contribution in [0.25, 0.3) is 0 Å². The van der Waals surface area contributed by atoms with E-state index >= 15 is 0 Å². The number of aryl methyl sites for hydroxylation is 2. The molecule has 0 unspecified atom stereocenters. The van der Waals surface area contributed by atoms with Gasteiger partial charge in [0.1, 0.15) is 5.82 Å². The molecule has 0 aromatic carbocycles. The van der Waals surface area contributed by atoms with Gasteiger partial charge in [0.25, 0.3) is 5.91 Å². The highest BCUT2D eigenvalue weighted by molar-refractivity contribution is 5.96. The topological polar surface area (TPSA) is 102 Å². The molecule has 0 saturated carbocycles. The summed E-state index contributed by atoms with van der Waals surface area (Å²) in [6.45, 7) is 3.20. The number of imidazole rings is 1. The molecule has 0 aliphatic heterocycles. The zero-order valence-corrected chi connectivity index (χ0v) is 10.9. The van der Waals surface area contributed by atoms with Gasteiger partial charge in [-0.3, -0.25) is 9.48 Å². The molecule has 0 bridgehead atoms. The Kier molecular flexibility index (Phi) is 4.17. The minimum absolute atomic E-state index is 0.232. The lowest BCUT2D eigenvalue weighted by molar-refractivity contribution is 0.0948. The van der Waals surface area contributed by atoms with Gasteiger partial charge in [-0.25, -0.2) is 4.98 Å². The summed E-state index contributed by atoms with van der Waals surface area (Å²) in [4.78, 5) is 19.0. The van der Waals surface area contributed by atoms with Gasteiger partial charge < -0.3 is 16.0 Å². The first kappa shape index (κ1) is 13.1. The molecule has 0 spiro atoms. The quantitative estimate of drug-likeness (QED) is 0.662. The van der Waals surface area contributed by atoms with Gasteiger partial charge in [0.05, 0.1) is 5.69 Å². The number of aromatic nitrogens is 4. The molecule has 0 radical (unpaired) electrons. The molecule has 1 amide bonds. The Morgan fingerprint density at radius 1 is 1.58 bits per heavy atom. The third-order valence-corrected chi connectivity index (χ3v) is 2.76. The second-order valence-corrected chi connectivity index (χ2v) is 4.18. The maximum Gasteiger partial charge on any atom is 0.273 e. The SMILES string of the molecule is CCn1cc(N)c(C(=O)NCCCc2ncc[nH]2)n1. The van der Waals surface area contributed by atoms with Crippen LogP contribution in [0.1, 0.15) is 29.7 Å². The highest BCUT2D eigenvalue weighted by Crippen LogP contribution is 2.08. The largest absolute Gasteiger partial charge is 0.396 e. The second kappa shape index (κ2) is 6.03. The van der Waals surface area contributed by atoms with Crippen molar-refractivity contribution < 1.29 is 4.79 Å². The molecule has 7 nitrogen and oxygen atoms in total. The van der Waals surface area contributed by atoms with Crippen molar-refractivity contribution in [2.75, 3.05) is 12.3 Å². The molecule has 4 N–H and O–H groups in total. The van der Waals surface area contributed by atoms with Crippen LogP contribution in [-0.4, -0.2) is 32.2 Å². The van der Waals surface area contributed by atoms with Crippen LogP contribution >= 0.6 is 0 Å². The maximum absolute atomic E-state index is 11.9. The molecule has 0 fully saturated rings. The first-order chi connectivity index (χ1) is 9.20. The molecular weight excluding hydrogens is 244 g/mol. The van der Waals surface area contributed by atoms with E-state index in [4.69, 9.17) is 5.73 Å². The van der Waals surface area contributed by atoms with E-state index in [1.54, 1.807) is 23.3 Å². The van der Waals surface area contributed by atoms with Gasteiger partial charge in [0, 0.05) is 38.1 Å². The number of carbonyl (C=O) groups is 1. The zero-order valence-electron chi connectivity index (χ0n) is 10.9. The Hall–Kier alpha value is -2.31. The lowest BCUT2D eigenvalue weighted by Gasteiger charge is -2.02. The number of aromatic amines is 1. The summed E-state index contributed by atoms with van der Waals surface area (Å²) in [6, 6.07) is 0. The first-order valence-corrected chi connectivity index (χ1v) is 6.30. The van der Waals surface area contributed by atoms with Gasteiger partial charge >= 0.3 is 0 Å². The van der Waals surface area contributed by atoms with Crippen LogP contribution in [0.3, 0.4) is 0 Å². The maximum atomic E-state index is 11.9. The van der Waals surface area contributed by atoms with E-state index in [0.29, 0.717) is 24.5 Å². The monoisotopic (exact) mass is 262 g/mol. The molecule has 7 heteroatoms. The van der Waals surface area contributed by atoms with Crippen molar-refractivity contribution in [2.24, 2.45) is 0 Å². The number of nitrogen functional groups attached to an aromatic ring is 1. The van der Waals surface area contributed by atoms with E-state index in [0.717, 1.165) is 18.7 Å². The summed E-state index contributed by atoms with van der Waals surface area (Å²) in [6.07, 6.45) is 6.77. The molecule has 0 aliphatic carbocycles. The fourth-order valence-corrected chi connectivity index (χ4v) is 1.75. The van der Waals surface area contributed by atoms with Crippen LogP contribution in [0.2, 0.25) is 0 Å². The summed E-state index contributed by atoms with van der Waals surface area (Å²) >= 11 is 0. The number of nitrogens with two attached hydrogens (primary N) is 1. The predicted molar refractivity (Wildman–Crippen MR) is 71.6 cm³/mol. The van der Waals surface area contributed by atoms with Crippen LogP contribution in [-0.2, 0) is 13.0 Å². The molecule has 2 aromatic rings. The van der Waals surface area contributed by atoms with Crippen molar-refractivity contribution >= 4 is 11.6 Å². The normalized spacial score (nSPS) is 10.6. The first-order valence-electron chi connectivity index (χ1n) is 6.30. The number of nitrogens with one attached hydrogen (secondary N) is 2. The van der Waals surface area contributed by atoms with E-state index in [1.807, 2.05) is 6.92 Å². The summed E-state index contributed by atoms with van der Waals surface area (Å²) in [5.74, 6) is 0.688. The summed E-state index contributed by atoms with van der Waals surface area (Å²) in [7, 11) is 0. The fraction of sp³-hybridized carbons (Fsp3) is 0.417. The van der Waals surface area contributed by atoms with Gasteiger partial charge in [-0.15, -0.1) is 0 Å². The number of amides is 1. The van der Waals surface area contributed by atoms with E-state index in [-0.39, 0.29) is 5.91 Å². The highest BCUT2D eigenvalue weighted by atomic mass is 16.1. The van der Waals surface area contributed by atoms with Crippen LogP contribution in [0.5, 0.6) is 0 Å². The molecule has 0 aliphatic rings. The van der Waals surface area contributed by atoms with Gasteiger partial charge in [0.15, 0.2) is 5.69 Å². The molecule has 19 heavy (non-hydrogen) atoms. The minimum atomic E-state index is -0.232. The molecule has 102 valence electrons. The average molecular weight is 262 g/mol. The number of rotatable bonds is 6. The molecular formula is C12H18N6O. The predicted octanol–water partition coefficient (Wildman–Crippen LogP) is 0.571. The van der Waals surface area contributed by atoms with Gasteiger partial charge in [0.2, 0.25) is 0 Å². The smallest absolute Gasteiger partial charge is 0.273 e. The van der Waals surface area contributed by atoms with Crippen LogP contribution in [0.4, 0.5) is 5.69 Å². The zero-order chi connectivity index (χ0) is 13.7. The number of carbonyl (C=O) groups excluding carboxylic acids is 1. The second-order valence-electron chi connectivity index (χ2n) is 4.18. The van der Waals surface area contributed by atoms with Crippen LogP contribution in [0.15, 0.2) is 18.6 Å². The number of nitrogens with zero attached hydrogens (tertiary/aromatic N) is 3. The summed E-state index contributed by atoms with van der Waals surface area (Å²) in [5.41, 5.74) is 6.44. The Balaban J connectivity index is 1.79. The Labute approximate surface area is 111 Å². The van der Waals surface area contributed by atoms with Crippen molar-refractivity contribution in [2.45, 2.75) is 26.3 Å². The summed E-state index contributed by atoms with van der Waals surface area (Å²) in [5, 5.41) is 6.92. The van der Waals surface area contributed by atoms with E-state index in [9.17, 15) is 4.79 Å². The van der Waals surface area contributed by atoms with Gasteiger partial charge in [-0.1, -0.05) is 0 Å². The summed E-state index contributed by atoms with van der Waals surface area (Å²) < 4.78 is 1.65. The third kappa shape index (κ3) is 3.34. The lowest BCUT2D eigenvalue weighted by atomic mass is 10.3. The molecule has 0 saturated heterocycles. The van der Waals surface area contributed by atoms with E-state index < -0.39 is 0 Å². The minimum Gasteiger partial charge on any atom is -0.396 e. The van der Waals surface area contributed by atoms with Crippen molar-refractivity contribution in [1.29, 1.82) is 0 Å². The lowest BCUT2D eigenvalue weighted by Crippen LogP contribution is -2.26. The molecule has 2 aromatic heterocycles. The number of hydrogen-bond acceptors (Lipinski definition) is 4. The Morgan fingerprint density at radius 2 is 2.42 bits per heavy atom. The number of hydrogen-bond donors (Lipinski definition) is 3. The van der Waals surface area contributed by atoms with Crippen molar-refractivity contribution in [1.82, 2.24) is 25.1 Å². The third-order valence-electron chi connectivity index (χ3n) is 2.76. The number of H-pyrrole nitrogens is 1. The van der Waals surface area contributed by atoms with E-state index in [2.05, 4.69) is 20.4 Å². The average Bonchev–Trinajstić information content (AvgIpc) is 3.03. The number of anilines is 1. The molecule has 0 atom stereocenters. The van der Waals surface area contributed by atoms with Crippen LogP contribution in [0, 0.1) is 0 Å². The van der Waals surface area contributed by atoms with Gasteiger partial charge in [-0.05, 0) is 13.3 Å². The Morgan fingerprint density at radius 3 is 3.05 bits per heavy atom. The molecule has 2 rings (SSSR count). The van der Waals surface area contributed by atoms with Crippen molar-refractivity contribution in [3.8, 4) is 0 Å². The molecule has 2 heterocycles.